The van der Waals surface area contributed by atoms with E-state index in [4.69, 9.17) is 11.2 Å². The highest BCUT2D eigenvalue weighted by Crippen LogP contribution is 2.48. The number of nitro groups is 1. The van der Waals surface area contributed by atoms with E-state index >= 15 is 0 Å². The van der Waals surface area contributed by atoms with Crippen LogP contribution in [0.5, 0.6) is 5.75 Å². The number of ether oxygens (including phenoxy) is 1. The van der Waals surface area contributed by atoms with Crippen molar-refractivity contribution in [3.8, 4) is 18.1 Å². The second-order valence-electron chi connectivity index (χ2n) is 11.3. The van der Waals surface area contributed by atoms with E-state index in [0.717, 1.165) is 27.9 Å². The third-order valence-electron chi connectivity index (χ3n) is 8.18. The van der Waals surface area contributed by atoms with Gasteiger partial charge in [-0.25, -0.2) is 8.42 Å². The van der Waals surface area contributed by atoms with Gasteiger partial charge in [-0.15, -0.1) is 12.3 Å². The van der Waals surface area contributed by atoms with E-state index in [1.54, 1.807) is 11.4 Å². The Labute approximate surface area is 225 Å². The van der Waals surface area contributed by atoms with Gasteiger partial charge in [-0.05, 0) is 53.8 Å². The fourth-order valence-corrected chi connectivity index (χ4v) is 9.19. The van der Waals surface area contributed by atoms with Crippen LogP contribution >= 0.6 is 0 Å². The van der Waals surface area contributed by atoms with E-state index in [2.05, 4.69) is 56.2 Å². The summed E-state index contributed by atoms with van der Waals surface area (Å²) in [6, 6.07) is 10.7. The molecule has 1 unspecified atom stereocenters. The zero-order chi connectivity index (χ0) is 28.0. The Morgan fingerprint density at radius 2 is 1.84 bits per heavy atom. The van der Waals surface area contributed by atoms with Gasteiger partial charge in [0.15, 0.2) is 8.24 Å². The van der Waals surface area contributed by atoms with Crippen molar-refractivity contribution < 1.29 is 18.1 Å². The summed E-state index contributed by atoms with van der Waals surface area (Å²) in [6.45, 7) is 11.6. The van der Waals surface area contributed by atoms with Crippen LogP contribution in [0.25, 0.3) is 10.9 Å². The molecule has 1 aromatic heterocycles. The Balaban J connectivity index is 1.98. The van der Waals surface area contributed by atoms with E-state index in [1.165, 1.54) is 24.3 Å². The quantitative estimate of drug-likeness (QED) is 0.152. The number of terminal acetylenes is 1. The number of sulfonamides is 1. The number of benzene rings is 2. The van der Waals surface area contributed by atoms with Crippen LogP contribution in [0.4, 0.5) is 5.69 Å². The molecule has 0 bridgehead atoms. The number of methoxy groups -OCH3 is 1. The Kier molecular flexibility index (Phi) is 7.25. The molecule has 0 saturated carbocycles. The van der Waals surface area contributed by atoms with Crippen molar-refractivity contribution in [1.82, 2.24) is 8.54 Å². The average Bonchev–Trinajstić information content (AvgIpc) is 3.21. The van der Waals surface area contributed by atoms with Crippen LogP contribution in [0.15, 0.2) is 47.4 Å². The highest BCUT2D eigenvalue weighted by Gasteiger charge is 2.45. The predicted molar refractivity (Wildman–Crippen MR) is 153 cm³/mol. The van der Waals surface area contributed by atoms with Gasteiger partial charge in [0.25, 0.3) is 5.69 Å². The maximum Gasteiger partial charge on any atom is 0.269 e. The maximum atomic E-state index is 14.0. The number of fused-ring (bicyclic) bond motifs is 3. The van der Waals surface area contributed by atoms with Gasteiger partial charge in [-0.1, -0.05) is 33.9 Å². The monoisotopic (exact) mass is 553 g/mol. The van der Waals surface area contributed by atoms with Gasteiger partial charge in [-0.3, -0.25) is 10.1 Å². The first kappa shape index (κ1) is 27.9. The van der Waals surface area contributed by atoms with E-state index in [-0.39, 0.29) is 22.2 Å². The highest BCUT2D eigenvalue weighted by atomic mass is 32.2. The Bertz CT molecular complexity index is 1530. The van der Waals surface area contributed by atoms with Crippen molar-refractivity contribution in [2.24, 2.45) is 0 Å². The van der Waals surface area contributed by atoms with Gasteiger partial charge in [0.2, 0.25) is 10.0 Å². The van der Waals surface area contributed by atoms with Crippen LogP contribution in [0.2, 0.25) is 18.1 Å². The van der Waals surface area contributed by atoms with Gasteiger partial charge in [0, 0.05) is 41.7 Å². The number of non-ortho nitro benzene ring substituents is 1. The first-order valence-electron chi connectivity index (χ1n) is 12.7. The van der Waals surface area contributed by atoms with E-state index in [0.29, 0.717) is 19.3 Å². The van der Waals surface area contributed by atoms with Crippen LogP contribution in [0, 0.1) is 22.5 Å². The molecule has 0 radical (unpaired) electrons. The van der Waals surface area contributed by atoms with Crippen LogP contribution in [0.1, 0.15) is 50.9 Å². The Morgan fingerprint density at radius 1 is 1.18 bits per heavy atom. The smallest absolute Gasteiger partial charge is 0.269 e. The van der Waals surface area contributed by atoms with Crippen molar-refractivity contribution in [1.29, 1.82) is 0 Å². The number of aromatic nitrogens is 1. The third-order valence-corrected chi connectivity index (χ3v) is 15.4. The number of rotatable bonds is 7. The Hall–Kier alpha value is -3.13. The molecule has 2 heterocycles. The molecule has 0 aliphatic carbocycles. The van der Waals surface area contributed by atoms with Crippen molar-refractivity contribution in [2.75, 3.05) is 13.7 Å². The molecule has 10 heteroatoms. The van der Waals surface area contributed by atoms with Crippen LogP contribution < -0.4 is 4.74 Å². The summed E-state index contributed by atoms with van der Waals surface area (Å²) in [5.41, 5.74) is 3.08. The molecule has 38 heavy (non-hydrogen) atoms. The maximum absolute atomic E-state index is 14.0. The highest BCUT2D eigenvalue weighted by molar-refractivity contribution is 7.89. The van der Waals surface area contributed by atoms with Crippen LogP contribution in [0.3, 0.4) is 0 Å². The largest absolute Gasteiger partial charge is 0.497 e. The summed E-state index contributed by atoms with van der Waals surface area (Å²) in [7, 11) is -4.55. The summed E-state index contributed by atoms with van der Waals surface area (Å²) in [4.78, 5) is 10.6. The number of nitrogens with zero attached hydrogens (tertiary/aromatic N) is 3. The van der Waals surface area contributed by atoms with Gasteiger partial charge in [-0.2, -0.15) is 4.31 Å². The lowest BCUT2D eigenvalue weighted by Gasteiger charge is -2.43. The zero-order valence-corrected chi connectivity index (χ0v) is 24.6. The average molecular weight is 554 g/mol. The number of nitro benzene ring substituents is 1. The molecule has 4 rings (SSSR count). The predicted octanol–water partition coefficient (Wildman–Crippen LogP) is 6.11. The second-order valence-corrected chi connectivity index (χ2v) is 18.2. The van der Waals surface area contributed by atoms with Crippen molar-refractivity contribution in [2.45, 2.75) is 69.1 Å². The molecule has 1 aliphatic rings. The lowest BCUT2D eigenvalue weighted by Crippen LogP contribution is -2.49. The Morgan fingerprint density at radius 3 is 2.39 bits per heavy atom. The second kappa shape index (κ2) is 9.87. The summed E-state index contributed by atoms with van der Waals surface area (Å²) in [5.74, 6) is 3.46. The van der Waals surface area contributed by atoms with E-state index in [1.807, 2.05) is 6.07 Å². The summed E-state index contributed by atoms with van der Waals surface area (Å²) in [5, 5.41) is 12.2. The molecule has 0 N–H and O–H groups in total. The summed E-state index contributed by atoms with van der Waals surface area (Å²) in [6.07, 6.45) is 7.11. The molecule has 202 valence electrons. The number of hydrogen-bond donors (Lipinski definition) is 0. The SMILES string of the molecule is C#CCCC1c2c(c3cc(OC)ccc3n2[Si](C)(C)C(C)(C)C)CCN1S(=O)(=O)c1ccc([N+](=O)[O-])cc1. The molecule has 0 amide bonds. The minimum absolute atomic E-state index is 0.0250. The summed E-state index contributed by atoms with van der Waals surface area (Å²) >= 11 is 0. The first-order chi connectivity index (χ1) is 17.8. The first-order valence-corrected chi connectivity index (χ1v) is 17.1. The third kappa shape index (κ3) is 4.53. The number of hydrogen-bond acceptors (Lipinski definition) is 5. The molecule has 2 aromatic carbocycles. The van der Waals surface area contributed by atoms with Crippen molar-refractivity contribution in [3.05, 3.63) is 63.8 Å². The molecule has 0 spiro atoms. The fourth-order valence-electron chi connectivity index (χ4n) is 5.21. The van der Waals surface area contributed by atoms with Crippen LogP contribution in [-0.4, -0.2) is 43.8 Å². The van der Waals surface area contributed by atoms with Crippen molar-refractivity contribution in [3.63, 3.8) is 0 Å². The van der Waals surface area contributed by atoms with E-state index in [9.17, 15) is 18.5 Å². The molecular weight excluding hydrogens is 518 g/mol. The minimum atomic E-state index is -3.96. The molecular formula is C28H35N3O5SSi. The van der Waals surface area contributed by atoms with Gasteiger partial charge in [0.1, 0.15) is 5.75 Å². The lowest BCUT2D eigenvalue weighted by molar-refractivity contribution is -0.384. The van der Waals surface area contributed by atoms with Gasteiger partial charge < -0.3 is 8.97 Å². The van der Waals surface area contributed by atoms with Gasteiger partial charge in [0.05, 0.1) is 23.0 Å². The summed E-state index contributed by atoms with van der Waals surface area (Å²) < 4.78 is 37.6. The molecule has 3 aromatic rings. The van der Waals surface area contributed by atoms with Crippen molar-refractivity contribution >= 4 is 34.8 Å². The standard InChI is InChI=1S/C28H35N3O5SSi/c1-8-9-10-26-27-23(17-18-29(26)37(34,35)22-14-11-20(12-15-22)31(32)33)24-19-21(36-5)13-16-25(24)30(27)38(6,7)28(2,3)4/h1,11-16,19,26H,9-10,17-18H2,2-7H3. The lowest BCUT2D eigenvalue weighted by atomic mass is 9.96. The normalized spacial score (nSPS) is 16.7. The topological polar surface area (TPSA) is 94.7 Å². The van der Waals surface area contributed by atoms with Crippen LogP contribution in [-0.2, 0) is 16.4 Å². The molecule has 1 aliphatic heterocycles. The molecule has 0 saturated heterocycles. The van der Waals surface area contributed by atoms with Gasteiger partial charge >= 0.3 is 0 Å². The zero-order valence-electron chi connectivity index (χ0n) is 22.8. The fraction of sp³-hybridized carbons (Fsp3) is 0.429. The molecule has 8 nitrogen and oxygen atoms in total. The molecule has 0 fully saturated rings. The van der Waals surface area contributed by atoms with E-state index < -0.39 is 29.2 Å². The minimum Gasteiger partial charge on any atom is -0.497 e. The molecule has 1 atom stereocenters.